The average molecular weight is 454 g/mol. The Morgan fingerprint density at radius 2 is 1.72 bits per heavy atom. The summed E-state index contributed by atoms with van der Waals surface area (Å²) in [5, 5.41) is 9.10. The van der Waals surface area contributed by atoms with E-state index in [0.29, 0.717) is 50.4 Å². The fraction of sp³-hybridized carbons (Fsp3) is 0.435. The molecule has 2 aliphatic heterocycles. The van der Waals surface area contributed by atoms with Gasteiger partial charge in [-0.15, -0.1) is 0 Å². The number of carbonyl (C=O) groups is 1. The number of amides is 1. The Morgan fingerprint density at radius 3 is 2.41 bits per heavy atom. The van der Waals surface area contributed by atoms with Gasteiger partial charge in [-0.1, -0.05) is 12.5 Å². The Bertz CT molecular complexity index is 1140. The van der Waals surface area contributed by atoms with Crippen molar-refractivity contribution < 1.29 is 13.2 Å². The smallest absolute Gasteiger partial charge is 0.254 e. The Balaban J connectivity index is 1.49. The second-order valence-corrected chi connectivity index (χ2v) is 10.2. The number of pyridine rings is 1. The molecule has 2 aromatic rings. The molecule has 3 heterocycles. The highest BCUT2D eigenvalue weighted by molar-refractivity contribution is 7.89. The summed E-state index contributed by atoms with van der Waals surface area (Å²) in [5.41, 5.74) is 1.75. The highest BCUT2D eigenvalue weighted by atomic mass is 32.2. The summed E-state index contributed by atoms with van der Waals surface area (Å²) in [5.74, 6) is 0.568. The van der Waals surface area contributed by atoms with E-state index in [-0.39, 0.29) is 10.8 Å². The third kappa shape index (κ3) is 4.47. The van der Waals surface area contributed by atoms with Crippen LogP contribution in [-0.4, -0.2) is 67.8 Å². The lowest BCUT2D eigenvalue weighted by molar-refractivity contribution is 0.0745. The maximum absolute atomic E-state index is 13.3. The van der Waals surface area contributed by atoms with Gasteiger partial charge in [0.05, 0.1) is 16.5 Å². The zero-order valence-electron chi connectivity index (χ0n) is 18.2. The lowest BCUT2D eigenvalue weighted by Gasteiger charge is -2.35. The van der Waals surface area contributed by atoms with Crippen LogP contribution >= 0.6 is 0 Å². The Hall–Kier alpha value is -2.96. The number of piperazine rings is 1. The van der Waals surface area contributed by atoms with Gasteiger partial charge in [0.2, 0.25) is 10.0 Å². The van der Waals surface area contributed by atoms with Crippen LogP contribution in [0.3, 0.4) is 0 Å². The number of rotatable bonds is 4. The molecule has 0 radical (unpaired) electrons. The minimum absolute atomic E-state index is 0.156. The van der Waals surface area contributed by atoms with Gasteiger partial charge in [-0.05, 0) is 49.6 Å². The number of aromatic nitrogens is 1. The van der Waals surface area contributed by atoms with Crippen LogP contribution in [0.1, 0.15) is 40.7 Å². The quantitative estimate of drug-likeness (QED) is 0.705. The minimum atomic E-state index is -3.60. The Kier molecular flexibility index (Phi) is 6.44. The fourth-order valence-corrected chi connectivity index (χ4v) is 5.76. The summed E-state index contributed by atoms with van der Waals surface area (Å²) in [4.78, 5) is 21.6. The highest BCUT2D eigenvalue weighted by Gasteiger charge is 2.29. The molecular weight excluding hydrogens is 426 g/mol. The molecule has 32 heavy (non-hydrogen) atoms. The van der Waals surface area contributed by atoms with Crippen LogP contribution in [-0.2, 0) is 10.0 Å². The number of nitrogens with zero attached hydrogens (tertiary/aromatic N) is 5. The molecule has 0 aliphatic carbocycles. The molecule has 0 atom stereocenters. The first-order valence-electron chi connectivity index (χ1n) is 10.9. The van der Waals surface area contributed by atoms with Gasteiger partial charge in [-0.3, -0.25) is 4.79 Å². The van der Waals surface area contributed by atoms with Gasteiger partial charge in [0.15, 0.2) is 0 Å². The van der Waals surface area contributed by atoms with Crippen molar-refractivity contribution in [1.29, 1.82) is 5.26 Å². The molecule has 1 aromatic heterocycles. The van der Waals surface area contributed by atoms with E-state index < -0.39 is 10.0 Å². The molecule has 0 spiro atoms. The van der Waals surface area contributed by atoms with Crippen molar-refractivity contribution >= 4 is 21.7 Å². The van der Waals surface area contributed by atoms with Gasteiger partial charge in [-0.2, -0.15) is 9.57 Å². The second kappa shape index (κ2) is 9.27. The first kappa shape index (κ1) is 22.2. The normalized spacial score (nSPS) is 17.8. The third-order valence-corrected chi connectivity index (χ3v) is 8.05. The van der Waals surface area contributed by atoms with Crippen LogP contribution < -0.4 is 4.90 Å². The molecule has 0 saturated carbocycles. The van der Waals surface area contributed by atoms with Gasteiger partial charge < -0.3 is 9.80 Å². The van der Waals surface area contributed by atoms with Gasteiger partial charge in [0, 0.05) is 51.0 Å². The van der Waals surface area contributed by atoms with Crippen molar-refractivity contribution in [2.75, 3.05) is 44.2 Å². The van der Waals surface area contributed by atoms with E-state index in [0.717, 1.165) is 30.6 Å². The standard InChI is InChI=1S/C23H27N5O3S/c1-18-5-6-20(32(30,31)28-9-3-2-4-10-28)16-21(18)23(29)27-13-11-26(12-14-27)22-15-19(17-24)7-8-25-22/h5-8,15-16H,2-4,9-14H2,1H3. The van der Waals surface area contributed by atoms with Crippen LogP contribution in [0, 0.1) is 18.3 Å². The number of anilines is 1. The SMILES string of the molecule is Cc1ccc(S(=O)(=O)N2CCCCC2)cc1C(=O)N1CCN(c2cc(C#N)ccn2)CC1. The molecule has 2 aliphatic rings. The zero-order chi connectivity index (χ0) is 22.7. The van der Waals surface area contributed by atoms with E-state index in [2.05, 4.69) is 16.0 Å². The van der Waals surface area contributed by atoms with Crippen molar-refractivity contribution in [2.24, 2.45) is 0 Å². The minimum Gasteiger partial charge on any atom is -0.353 e. The molecule has 2 fully saturated rings. The van der Waals surface area contributed by atoms with E-state index in [4.69, 9.17) is 5.26 Å². The largest absolute Gasteiger partial charge is 0.353 e. The summed E-state index contributed by atoms with van der Waals surface area (Å²) >= 11 is 0. The topological polar surface area (TPSA) is 97.6 Å². The monoisotopic (exact) mass is 453 g/mol. The van der Waals surface area contributed by atoms with Gasteiger partial charge in [-0.25, -0.2) is 13.4 Å². The second-order valence-electron chi connectivity index (χ2n) is 8.24. The Morgan fingerprint density at radius 1 is 1.00 bits per heavy atom. The van der Waals surface area contributed by atoms with E-state index in [1.54, 1.807) is 35.4 Å². The third-order valence-electron chi connectivity index (χ3n) is 6.16. The molecule has 1 amide bonds. The summed E-state index contributed by atoms with van der Waals surface area (Å²) < 4.78 is 27.7. The summed E-state index contributed by atoms with van der Waals surface area (Å²) in [6.45, 7) is 5.08. The Labute approximate surface area is 189 Å². The van der Waals surface area contributed by atoms with Crippen molar-refractivity contribution in [3.8, 4) is 6.07 Å². The molecular formula is C23H27N5O3S. The van der Waals surface area contributed by atoms with Crippen molar-refractivity contribution in [3.63, 3.8) is 0 Å². The number of carbonyl (C=O) groups excluding carboxylic acids is 1. The van der Waals surface area contributed by atoms with E-state index >= 15 is 0 Å². The molecule has 0 bridgehead atoms. The maximum atomic E-state index is 13.3. The zero-order valence-corrected chi connectivity index (χ0v) is 19.0. The van der Waals surface area contributed by atoms with Crippen LogP contribution in [0.2, 0.25) is 0 Å². The highest BCUT2D eigenvalue weighted by Crippen LogP contribution is 2.24. The molecule has 2 saturated heterocycles. The molecule has 8 nitrogen and oxygen atoms in total. The molecule has 0 unspecified atom stereocenters. The summed E-state index contributed by atoms with van der Waals surface area (Å²) in [6.07, 6.45) is 4.40. The van der Waals surface area contributed by atoms with Crippen LogP contribution in [0.4, 0.5) is 5.82 Å². The molecule has 0 N–H and O–H groups in total. The lowest BCUT2D eigenvalue weighted by Crippen LogP contribution is -2.49. The number of hydrogen-bond donors (Lipinski definition) is 0. The number of piperidine rings is 1. The van der Waals surface area contributed by atoms with E-state index in [9.17, 15) is 13.2 Å². The van der Waals surface area contributed by atoms with Crippen LogP contribution in [0.25, 0.3) is 0 Å². The fourth-order valence-electron chi connectivity index (χ4n) is 4.22. The van der Waals surface area contributed by atoms with E-state index in [1.807, 2.05) is 6.92 Å². The number of hydrogen-bond acceptors (Lipinski definition) is 6. The van der Waals surface area contributed by atoms with Crippen molar-refractivity contribution in [1.82, 2.24) is 14.2 Å². The lowest BCUT2D eigenvalue weighted by atomic mass is 10.1. The van der Waals surface area contributed by atoms with Gasteiger partial charge >= 0.3 is 0 Å². The summed E-state index contributed by atoms with van der Waals surface area (Å²) in [7, 11) is -3.60. The van der Waals surface area contributed by atoms with Crippen molar-refractivity contribution in [3.05, 3.63) is 53.2 Å². The maximum Gasteiger partial charge on any atom is 0.254 e. The van der Waals surface area contributed by atoms with Gasteiger partial charge in [0.1, 0.15) is 5.82 Å². The molecule has 1 aromatic carbocycles. The van der Waals surface area contributed by atoms with Crippen molar-refractivity contribution in [2.45, 2.75) is 31.1 Å². The number of aryl methyl sites for hydroxylation is 1. The number of sulfonamides is 1. The van der Waals surface area contributed by atoms with E-state index in [1.165, 1.54) is 10.4 Å². The number of benzene rings is 1. The summed E-state index contributed by atoms with van der Waals surface area (Å²) in [6, 6.07) is 10.4. The first-order valence-corrected chi connectivity index (χ1v) is 12.4. The molecule has 168 valence electrons. The average Bonchev–Trinajstić information content (AvgIpc) is 2.84. The molecule has 9 heteroatoms. The number of nitriles is 1. The molecule has 4 rings (SSSR count). The predicted molar refractivity (Wildman–Crippen MR) is 121 cm³/mol. The van der Waals surface area contributed by atoms with Crippen LogP contribution in [0.5, 0.6) is 0 Å². The van der Waals surface area contributed by atoms with Crippen LogP contribution in [0.15, 0.2) is 41.4 Å². The predicted octanol–water partition coefficient (Wildman–Crippen LogP) is 2.40. The van der Waals surface area contributed by atoms with Gasteiger partial charge in [0.25, 0.3) is 5.91 Å². The first-order chi connectivity index (χ1) is 15.4.